The van der Waals surface area contributed by atoms with Gasteiger partial charge in [0, 0.05) is 26.5 Å². The van der Waals surface area contributed by atoms with Crippen molar-refractivity contribution in [3.8, 4) is 0 Å². The highest BCUT2D eigenvalue weighted by molar-refractivity contribution is 7.12. The molecule has 0 saturated heterocycles. The molecule has 0 atom stereocenters. The van der Waals surface area contributed by atoms with Crippen LogP contribution in [0.5, 0.6) is 0 Å². The van der Waals surface area contributed by atoms with E-state index in [1.165, 1.54) is 20.2 Å². The SMILES string of the molecule is CC(C)c1ccc(C(C)C)o1.CC(C)c1ccc(C(C)C)s1.CC(C)c1csc(C(C)C)c1. The minimum absolute atomic E-state index is 0.502. The first-order chi connectivity index (χ1) is 15.3. The summed E-state index contributed by atoms with van der Waals surface area (Å²) >= 11 is 3.84. The Balaban J connectivity index is 0.000000247. The van der Waals surface area contributed by atoms with Crippen molar-refractivity contribution in [1.82, 2.24) is 0 Å². The summed E-state index contributed by atoms with van der Waals surface area (Å²) in [6, 6.07) is 11.0. The maximum Gasteiger partial charge on any atom is 0.106 e. The van der Waals surface area contributed by atoms with Gasteiger partial charge in [0.1, 0.15) is 11.5 Å². The van der Waals surface area contributed by atoms with Gasteiger partial charge in [0.05, 0.1) is 0 Å². The van der Waals surface area contributed by atoms with Gasteiger partial charge in [-0.3, -0.25) is 0 Å². The largest absolute Gasteiger partial charge is 0.466 e. The van der Waals surface area contributed by atoms with Crippen molar-refractivity contribution in [2.45, 2.75) is 119 Å². The molecule has 0 radical (unpaired) electrons. The average molecular weight is 489 g/mol. The quantitative estimate of drug-likeness (QED) is 0.336. The second kappa shape index (κ2) is 14.2. The first-order valence-electron chi connectivity index (χ1n) is 12.6. The Morgan fingerprint density at radius 1 is 0.515 bits per heavy atom. The summed E-state index contributed by atoms with van der Waals surface area (Å²) in [6.45, 7) is 26.5. The summed E-state index contributed by atoms with van der Waals surface area (Å²) in [4.78, 5) is 4.52. The lowest BCUT2D eigenvalue weighted by Crippen LogP contribution is -1.83. The van der Waals surface area contributed by atoms with E-state index in [4.69, 9.17) is 4.42 Å². The first kappa shape index (κ1) is 29.7. The second-order valence-electron chi connectivity index (χ2n) is 10.7. The van der Waals surface area contributed by atoms with Gasteiger partial charge in [0.25, 0.3) is 0 Å². The standard InChI is InChI=1S/C10H16O.2C10H16S/c1-7(2)9-5-6-10(11-9)8(3)4;1-7(2)9-5-10(8(3)4)11-6-9;1-7(2)9-5-6-10(11-9)8(3)4/h3*5-8H,1-4H3. The van der Waals surface area contributed by atoms with Crippen molar-refractivity contribution in [3.05, 3.63) is 67.4 Å². The van der Waals surface area contributed by atoms with E-state index in [0.29, 0.717) is 35.5 Å². The van der Waals surface area contributed by atoms with Crippen LogP contribution in [0.1, 0.15) is 150 Å². The molecule has 0 spiro atoms. The summed E-state index contributed by atoms with van der Waals surface area (Å²) in [7, 11) is 0. The van der Waals surface area contributed by atoms with Crippen LogP contribution in [0, 0.1) is 0 Å². The van der Waals surface area contributed by atoms with Crippen LogP contribution >= 0.6 is 22.7 Å². The highest BCUT2D eigenvalue weighted by atomic mass is 32.1. The topological polar surface area (TPSA) is 13.1 Å². The first-order valence-corrected chi connectivity index (χ1v) is 14.3. The van der Waals surface area contributed by atoms with E-state index in [9.17, 15) is 0 Å². The molecule has 3 rings (SSSR count). The van der Waals surface area contributed by atoms with Crippen molar-refractivity contribution < 1.29 is 4.42 Å². The summed E-state index contributed by atoms with van der Waals surface area (Å²) in [5.74, 6) is 5.93. The Morgan fingerprint density at radius 2 is 0.939 bits per heavy atom. The zero-order valence-corrected chi connectivity index (χ0v) is 24.8. The Bertz CT molecular complexity index is 716. The minimum atomic E-state index is 0.502. The Morgan fingerprint density at radius 3 is 1.15 bits per heavy atom. The van der Waals surface area contributed by atoms with Crippen LogP contribution in [0.3, 0.4) is 0 Å². The molecule has 186 valence electrons. The Kier molecular flexibility index (Phi) is 12.8. The monoisotopic (exact) mass is 488 g/mol. The normalized spacial score (nSPS) is 11.5. The molecule has 0 bridgehead atoms. The van der Waals surface area contributed by atoms with Gasteiger partial charge >= 0.3 is 0 Å². The lowest BCUT2D eigenvalue weighted by Gasteiger charge is -2.00. The van der Waals surface area contributed by atoms with Gasteiger partial charge in [0.15, 0.2) is 0 Å². The van der Waals surface area contributed by atoms with E-state index in [1.54, 1.807) is 0 Å². The smallest absolute Gasteiger partial charge is 0.106 e. The van der Waals surface area contributed by atoms with Crippen molar-refractivity contribution >= 4 is 22.7 Å². The van der Waals surface area contributed by atoms with E-state index in [1.807, 2.05) is 22.7 Å². The molecule has 3 heterocycles. The van der Waals surface area contributed by atoms with Gasteiger partial charge in [-0.1, -0.05) is 83.1 Å². The van der Waals surface area contributed by atoms with Gasteiger partial charge in [0.2, 0.25) is 0 Å². The van der Waals surface area contributed by atoms with Gasteiger partial charge in [-0.2, -0.15) is 0 Å². The number of hydrogen-bond acceptors (Lipinski definition) is 3. The molecule has 3 heteroatoms. The van der Waals surface area contributed by atoms with Crippen LogP contribution in [-0.2, 0) is 0 Å². The lowest BCUT2D eigenvalue weighted by molar-refractivity contribution is 0.432. The van der Waals surface area contributed by atoms with Crippen molar-refractivity contribution in [3.63, 3.8) is 0 Å². The molecular weight excluding hydrogens is 440 g/mol. The fraction of sp³-hybridized carbons (Fsp3) is 0.600. The summed E-state index contributed by atoms with van der Waals surface area (Å²) in [6.07, 6.45) is 0. The van der Waals surface area contributed by atoms with Gasteiger partial charge in [-0.05, 0) is 64.9 Å². The number of furan rings is 1. The van der Waals surface area contributed by atoms with Crippen molar-refractivity contribution in [2.75, 3.05) is 0 Å². The van der Waals surface area contributed by atoms with Crippen molar-refractivity contribution in [1.29, 1.82) is 0 Å². The second-order valence-corrected chi connectivity index (χ2v) is 12.8. The molecule has 3 aromatic heterocycles. The van der Waals surface area contributed by atoms with E-state index >= 15 is 0 Å². The minimum Gasteiger partial charge on any atom is -0.466 e. The van der Waals surface area contributed by atoms with E-state index in [2.05, 4.69) is 119 Å². The third-order valence-electron chi connectivity index (χ3n) is 5.45. The van der Waals surface area contributed by atoms with Gasteiger partial charge < -0.3 is 4.42 Å². The Hall–Kier alpha value is -1.32. The molecule has 0 N–H and O–H groups in total. The predicted molar refractivity (Wildman–Crippen MR) is 152 cm³/mol. The molecule has 0 aliphatic carbocycles. The zero-order valence-electron chi connectivity index (χ0n) is 23.2. The predicted octanol–water partition coefficient (Wildman–Crippen LogP) is 11.5. The van der Waals surface area contributed by atoms with Crippen LogP contribution in [0.15, 0.2) is 40.1 Å². The van der Waals surface area contributed by atoms with E-state index in [-0.39, 0.29) is 0 Å². The summed E-state index contributed by atoms with van der Waals surface area (Å²) in [5, 5.41) is 2.28. The third kappa shape index (κ3) is 10.2. The maximum atomic E-state index is 5.61. The van der Waals surface area contributed by atoms with E-state index < -0.39 is 0 Å². The molecule has 33 heavy (non-hydrogen) atoms. The highest BCUT2D eigenvalue weighted by Gasteiger charge is 2.08. The Labute approximate surface area is 212 Å². The third-order valence-corrected chi connectivity index (χ3v) is 8.38. The van der Waals surface area contributed by atoms with Crippen LogP contribution in [0.25, 0.3) is 0 Å². The van der Waals surface area contributed by atoms with Crippen LogP contribution in [0.4, 0.5) is 0 Å². The molecule has 0 aromatic carbocycles. The maximum absolute atomic E-state index is 5.61. The molecule has 0 aliphatic rings. The van der Waals surface area contributed by atoms with E-state index in [0.717, 1.165) is 11.5 Å². The average Bonchev–Trinajstić information content (AvgIpc) is 3.49. The molecule has 1 nitrogen and oxygen atoms in total. The molecule has 0 unspecified atom stereocenters. The van der Waals surface area contributed by atoms with Crippen LogP contribution in [0.2, 0.25) is 0 Å². The van der Waals surface area contributed by atoms with Crippen LogP contribution < -0.4 is 0 Å². The molecule has 0 fully saturated rings. The number of rotatable bonds is 6. The molecule has 3 aromatic rings. The summed E-state index contributed by atoms with van der Waals surface area (Å²) in [5.41, 5.74) is 1.48. The fourth-order valence-corrected chi connectivity index (χ4v) is 5.06. The van der Waals surface area contributed by atoms with Gasteiger partial charge in [-0.15, -0.1) is 22.7 Å². The molecule has 0 aliphatic heterocycles. The highest BCUT2D eigenvalue weighted by Crippen LogP contribution is 2.29. The number of thiophene rings is 2. The molecule has 0 saturated carbocycles. The lowest BCUT2D eigenvalue weighted by atomic mass is 10.1. The van der Waals surface area contributed by atoms with Crippen molar-refractivity contribution in [2.24, 2.45) is 0 Å². The fourth-order valence-electron chi connectivity index (χ4n) is 2.95. The zero-order chi connectivity index (χ0) is 25.3. The van der Waals surface area contributed by atoms with Gasteiger partial charge in [-0.25, -0.2) is 0 Å². The summed E-state index contributed by atoms with van der Waals surface area (Å²) < 4.78 is 5.61. The number of hydrogen-bond donors (Lipinski definition) is 0. The molecular formula is C30H48OS2. The molecule has 0 amide bonds. The van der Waals surface area contributed by atoms with Crippen LogP contribution in [-0.4, -0.2) is 0 Å².